The number of carboxylic acid groups (broad SMARTS) is 1. The molecular formula is C27H32FN3O2. The van der Waals surface area contributed by atoms with E-state index in [1.807, 2.05) is 31.2 Å². The molecule has 0 spiro atoms. The number of hydrogen-bond acceptors (Lipinski definition) is 3. The number of benzene rings is 2. The predicted octanol–water partition coefficient (Wildman–Crippen LogP) is 5.33. The van der Waals surface area contributed by atoms with Gasteiger partial charge < -0.3 is 10.4 Å². The Morgan fingerprint density at radius 2 is 1.94 bits per heavy atom. The summed E-state index contributed by atoms with van der Waals surface area (Å²) in [6.07, 6.45) is 2.81. The molecule has 1 saturated carbocycles. The first-order valence-electron chi connectivity index (χ1n) is 11.8. The van der Waals surface area contributed by atoms with Crippen molar-refractivity contribution in [3.8, 4) is 6.07 Å². The average molecular weight is 450 g/mol. The van der Waals surface area contributed by atoms with Gasteiger partial charge in [-0.1, -0.05) is 55.8 Å². The molecule has 174 valence electrons. The minimum absolute atomic E-state index is 0.0116. The first-order chi connectivity index (χ1) is 15.9. The summed E-state index contributed by atoms with van der Waals surface area (Å²) in [7, 11) is 0. The monoisotopic (exact) mass is 449 g/mol. The second kappa shape index (κ2) is 9.52. The zero-order valence-electron chi connectivity index (χ0n) is 19.1. The van der Waals surface area contributed by atoms with Crippen LogP contribution in [0, 0.1) is 28.5 Å². The highest BCUT2D eigenvalue weighted by molar-refractivity contribution is 5.65. The van der Waals surface area contributed by atoms with Crippen molar-refractivity contribution in [3.63, 3.8) is 0 Å². The molecule has 3 atom stereocenters. The van der Waals surface area contributed by atoms with E-state index in [2.05, 4.69) is 28.4 Å². The Hall–Kier alpha value is -2.91. The van der Waals surface area contributed by atoms with Gasteiger partial charge in [-0.05, 0) is 68.0 Å². The van der Waals surface area contributed by atoms with Gasteiger partial charge in [-0.15, -0.1) is 0 Å². The topological polar surface area (TPSA) is 76.4 Å². The van der Waals surface area contributed by atoms with Gasteiger partial charge >= 0.3 is 6.09 Å². The second-order valence-electron chi connectivity index (χ2n) is 9.78. The van der Waals surface area contributed by atoms with Crippen LogP contribution in [0.5, 0.6) is 0 Å². The Balaban J connectivity index is 1.67. The first kappa shape index (κ1) is 23.3. The Kier molecular flexibility index (Phi) is 6.71. The number of hydrogen-bond donors (Lipinski definition) is 2. The fourth-order valence-corrected chi connectivity index (χ4v) is 6.43. The van der Waals surface area contributed by atoms with Crippen molar-refractivity contribution in [1.29, 1.82) is 5.26 Å². The third-order valence-corrected chi connectivity index (χ3v) is 8.06. The first-order valence-corrected chi connectivity index (χ1v) is 11.8. The summed E-state index contributed by atoms with van der Waals surface area (Å²) in [6, 6.07) is 19.1. The van der Waals surface area contributed by atoms with Crippen molar-refractivity contribution < 1.29 is 14.3 Å². The van der Waals surface area contributed by atoms with Crippen LogP contribution in [-0.2, 0) is 12.0 Å². The van der Waals surface area contributed by atoms with Crippen molar-refractivity contribution in [1.82, 2.24) is 10.2 Å². The molecule has 4 rings (SSSR count). The smallest absolute Gasteiger partial charge is 0.404 e. The molecule has 2 fully saturated rings. The number of nitrogens with zero attached hydrogens (tertiary/aromatic N) is 2. The van der Waals surface area contributed by atoms with Crippen molar-refractivity contribution in [2.75, 3.05) is 13.1 Å². The molecule has 6 heteroatoms. The highest BCUT2D eigenvalue weighted by Gasteiger charge is 2.60. The van der Waals surface area contributed by atoms with Crippen LogP contribution < -0.4 is 5.32 Å². The van der Waals surface area contributed by atoms with Gasteiger partial charge in [0, 0.05) is 18.0 Å². The van der Waals surface area contributed by atoms with E-state index in [4.69, 9.17) is 0 Å². The number of rotatable bonds is 6. The molecule has 1 aliphatic heterocycles. The molecule has 1 aliphatic carbocycles. The maximum absolute atomic E-state index is 14.4. The number of nitriles is 1. The van der Waals surface area contributed by atoms with Crippen LogP contribution in [0.4, 0.5) is 9.18 Å². The number of halogens is 1. The van der Waals surface area contributed by atoms with Gasteiger partial charge in [0.05, 0.1) is 11.5 Å². The molecule has 2 aliphatic rings. The van der Waals surface area contributed by atoms with Gasteiger partial charge in [-0.25, -0.2) is 9.18 Å². The van der Waals surface area contributed by atoms with Crippen molar-refractivity contribution >= 4 is 6.09 Å². The summed E-state index contributed by atoms with van der Waals surface area (Å²) in [5.41, 5.74) is 0.340. The van der Waals surface area contributed by atoms with E-state index in [-0.39, 0.29) is 17.8 Å². The second-order valence-corrected chi connectivity index (χ2v) is 9.78. The quantitative estimate of drug-likeness (QED) is 0.625. The van der Waals surface area contributed by atoms with Gasteiger partial charge in [0.25, 0.3) is 0 Å². The van der Waals surface area contributed by atoms with E-state index in [9.17, 15) is 19.6 Å². The van der Waals surface area contributed by atoms with Crippen molar-refractivity contribution in [3.05, 3.63) is 71.5 Å². The van der Waals surface area contributed by atoms with E-state index < -0.39 is 16.9 Å². The molecule has 2 aromatic rings. The molecule has 5 nitrogen and oxygen atoms in total. The van der Waals surface area contributed by atoms with Crippen LogP contribution in [0.1, 0.15) is 50.2 Å². The maximum Gasteiger partial charge on any atom is 0.404 e. The maximum atomic E-state index is 14.4. The SMILES string of the molecule is C[C@]1(C(C#N)(c2cccc(F)c2)C2CCN(Cc3ccccc3)CC2)CCC[C@@H]1NC(=O)O. The minimum Gasteiger partial charge on any atom is -0.465 e. The molecule has 1 saturated heterocycles. The van der Waals surface area contributed by atoms with Crippen LogP contribution >= 0.6 is 0 Å². The van der Waals surface area contributed by atoms with Crippen molar-refractivity contribution in [2.45, 2.75) is 57.0 Å². The third kappa shape index (κ3) is 4.35. The average Bonchev–Trinajstić information content (AvgIpc) is 3.17. The highest BCUT2D eigenvalue weighted by atomic mass is 19.1. The lowest BCUT2D eigenvalue weighted by molar-refractivity contribution is 0.0499. The Bertz CT molecular complexity index is 1020. The van der Waals surface area contributed by atoms with Gasteiger partial charge in [0.2, 0.25) is 0 Å². The lowest BCUT2D eigenvalue weighted by Gasteiger charge is -2.52. The Morgan fingerprint density at radius 3 is 2.58 bits per heavy atom. The molecular weight excluding hydrogens is 417 g/mol. The van der Waals surface area contributed by atoms with Gasteiger partial charge in [-0.2, -0.15) is 5.26 Å². The van der Waals surface area contributed by atoms with Gasteiger partial charge in [0.15, 0.2) is 0 Å². The Labute approximate surface area is 195 Å². The lowest BCUT2D eigenvalue weighted by atomic mass is 9.52. The van der Waals surface area contributed by atoms with Crippen LogP contribution in [0.2, 0.25) is 0 Å². The van der Waals surface area contributed by atoms with E-state index >= 15 is 0 Å². The molecule has 1 heterocycles. The molecule has 0 radical (unpaired) electrons. The summed E-state index contributed by atoms with van der Waals surface area (Å²) in [6.45, 7) is 4.61. The molecule has 1 amide bonds. The van der Waals surface area contributed by atoms with Crippen molar-refractivity contribution in [2.24, 2.45) is 11.3 Å². The summed E-state index contributed by atoms with van der Waals surface area (Å²) in [4.78, 5) is 14.0. The van der Waals surface area contributed by atoms with Crippen LogP contribution in [0.3, 0.4) is 0 Å². The van der Waals surface area contributed by atoms with Crippen LogP contribution in [0.25, 0.3) is 0 Å². The molecule has 0 aromatic heterocycles. The molecule has 0 bridgehead atoms. The molecule has 1 unspecified atom stereocenters. The van der Waals surface area contributed by atoms with Gasteiger partial charge in [-0.3, -0.25) is 4.90 Å². The normalized spacial score (nSPS) is 25.8. The number of likely N-dealkylation sites (tertiary alicyclic amines) is 1. The van der Waals surface area contributed by atoms with Crippen LogP contribution in [0.15, 0.2) is 54.6 Å². The summed E-state index contributed by atoms with van der Waals surface area (Å²) in [5.74, 6) is -0.351. The van der Waals surface area contributed by atoms with E-state index in [0.29, 0.717) is 12.0 Å². The number of amides is 1. The highest BCUT2D eigenvalue weighted by Crippen LogP contribution is 2.58. The fourth-order valence-electron chi connectivity index (χ4n) is 6.43. The van der Waals surface area contributed by atoms with E-state index in [1.54, 1.807) is 6.07 Å². The predicted molar refractivity (Wildman–Crippen MR) is 125 cm³/mol. The number of carbonyl (C=O) groups is 1. The van der Waals surface area contributed by atoms with E-state index in [0.717, 1.165) is 45.3 Å². The fraction of sp³-hybridized carbons (Fsp3) is 0.481. The summed E-state index contributed by atoms with van der Waals surface area (Å²) in [5, 5.41) is 23.0. The third-order valence-electron chi connectivity index (χ3n) is 8.06. The molecule has 2 N–H and O–H groups in total. The standard InChI is InChI=1S/C27H32FN3O2/c1-26(14-6-11-24(26)30-25(32)33)27(19-29,22-9-5-10-23(28)17-22)21-12-15-31(16-13-21)18-20-7-3-2-4-8-20/h2-5,7-10,17,21,24,30H,6,11-16,18H2,1H3,(H,32,33)/t24-,26-,27?/m0/s1. The zero-order valence-corrected chi connectivity index (χ0v) is 19.1. The zero-order chi connectivity index (χ0) is 23.5. The minimum atomic E-state index is -1.07. The Morgan fingerprint density at radius 1 is 1.21 bits per heavy atom. The number of piperidine rings is 1. The molecule has 33 heavy (non-hydrogen) atoms. The lowest BCUT2D eigenvalue weighted by Crippen LogP contribution is -2.58. The van der Waals surface area contributed by atoms with Crippen LogP contribution in [-0.4, -0.2) is 35.2 Å². The largest absolute Gasteiger partial charge is 0.465 e. The number of nitrogens with one attached hydrogen (secondary N) is 1. The van der Waals surface area contributed by atoms with Gasteiger partial charge in [0.1, 0.15) is 5.82 Å². The summed E-state index contributed by atoms with van der Waals surface area (Å²) < 4.78 is 14.4. The molecule has 2 aromatic carbocycles. The summed E-state index contributed by atoms with van der Waals surface area (Å²) >= 11 is 0. The van der Waals surface area contributed by atoms with E-state index in [1.165, 1.54) is 17.7 Å².